The van der Waals surface area contributed by atoms with Crippen LogP contribution in [-0.4, -0.2) is 41.2 Å². The van der Waals surface area contributed by atoms with E-state index in [0.29, 0.717) is 37.1 Å². The number of carbonyl (C=O) groups is 1. The number of nitrogens with zero attached hydrogens (tertiary/aromatic N) is 3. The summed E-state index contributed by atoms with van der Waals surface area (Å²) >= 11 is 0. The van der Waals surface area contributed by atoms with Gasteiger partial charge in [-0.25, -0.2) is 14.4 Å². The van der Waals surface area contributed by atoms with Crippen LogP contribution in [0.15, 0.2) is 18.5 Å². The number of carboxylic acid groups (broad SMARTS) is 1. The number of benzene rings is 1. The summed E-state index contributed by atoms with van der Waals surface area (Å²) in [7, 11) is 1.41. The number of carboxylic acids is 1. The highest BCUT2D eigenvalue weighted by atomic mass is 19.1. The molecule has 3 rings (SSSR count). The van der Waals surface area contributed by atoms with Gasteiger partial charge in [0.2, 0.25) is 0 Å². The Labute approximate surface area is 126 Å². The molecule has 1 aliphatic heterocycles. The Morgan fingerprint density at radius 1 is 1.36 bits per heavy atom. The third kappa shape index (κ3) is 2.43. The van der Waals surface area contributed by atoms with Crippen molar-refractivity contribution >= 4 is 22.7 Å². The van der Waals surface area contributed by atoms with E-state index in [1.54, 1.807) is 12.1 Å². The molecule has 1 aromatic carbocycles. The summed E-state index contributed by atoms with van der Waals surface area (Å²) < 4.78 is 19.2. The highest BCUT2D eigenvalue weighted by molar-refractivity contribution is 5.90. The molecule has 2 heterocycles. The molecule has 0 bridgehead atoms. The summed E-state index contributed by atoms with van der Waals surface area (Å²) in [5.41, 5.74) is 0.213. The molecule has 1 N–H and O–H groups in total. The van der Waals surface area contributed by atoms with Crippen molar-refractivity contribution in [2.24, 2.45) is 5.92 Å². The van der Waals surface area contributed by atoms with E-state index in [1.807, 2.05) is 4.90 Å². The average Bonchev–Trinajstić information content (AvgIpc) is 2.55. The van der Waals surface area contributed by atoms with Crippen molar-refractivity contribution in [3.8, 4) is 5.75 Å². The molecule has 1 saturated heterocycles. The smallest absolute Gasteiger partial charge is 0.306 e. The summed E-state index contributed by atoms with van der Waals surface area (Å²) in [5, 5.41) is 9.66. The van der Waals surface area contributed by atoms with Gasteiger partial charge in [-0.05, 0) is 25.0 Å². The first-order valence-corrected chi connectivity index (χ1v) is 7.06. The van der Waals surface area contributed by atoms with Gasteiger partial charge in [0.15, 0.2) is 11.6 Å². The number of ether oxygens (including phenoxy) is 1. The predicted molar refractivity (Wildman–Crippen MR) is 78.6 cm³/mol. The molecule has 1 aromatic heterocycles. The average molecular weight is 305 g/mol. The standard InChI is InChI=1S/C15H16FN3O3/c1-22-11-3-2-10-13(12(11)16)17-8-18-14(10)19-6-4-9(5-7-19)15(20)21/h2-3,8-9H,4-7H2,1H3,(H,20,21). The van der Waals surface area contributed by atoms with Gasteiger partial charge in [0, 0.05) is 18.5 Å². The number of hydrogen-bond acceptors (Lipinski definition) is 5. The number of aromatic nitrogens is 2. The zero-order chi connectivity index (χ0) is 15.7. The van der Waals surface area contributed by atoms with Crippen LogP contribution in [0.2, 0.25) is 0 Å². The zero-order valence-electron chi connectivity index (χ0n) is 12.1. The van der Waals surface area contributed by atoms with Gasteiger partial charge < -0.3 is 14.7 Å². The minimum absolute atomic E-state index is 0.140. The Morgan fingerprint density at radius 2 is 2.09 bits per heavy atom. The number of fused-ring (bicyclic) bond motifs is 1. The lowest BCUT2D eigenvalue weighted by Crippen LogP contribution is -2.36. The molecule has 0 aliphatic carbocycles. The Balaban J connectivity index is 1.95. The summed E-state index contributed by atoms with van der Waals surface area (Å²) in [6.07, 6.45) is 2.43. The van der Waals surface area contributed by atoms with E-state index in [0.717, 1.165) is 0 Å². The maximum absolute atomic E-state index is 14.3. The van der Waals surface area contributed by atoms with Gasteiger partial charge in [0.05, 0.1) is 13.0 Å². The van der Waals surface area contributed by atoms with Crippen LogP contribution >= 0.6 is 0 Å². The first kappa shape index (κ1) is 14.5. The minimum Gasteiger partial charge on any atom is -0.494 e. The minimum atomic E-state index is -0.761. The Morgan fingerprint density at radius 3 is 2.73 bits per heavy atom. The number of piperidine rings is 1. The molecule has 6 nitrogen and oxygen atoms in total. The molecule has 1 fully saturated rings. The molecule has 116 valence electrons. The number of aliphatic carboxylic acids is 1. The fraction of sp³-hybridized carbons (Fsp3) is 0.400. The van der Waals surface area contributed by atoms with Crippen molar-refractivity contribution in [1.29, 1.82) is 0 Å². The molecule has 22 heavy (non-hydrogen) atoms. The molecule has 7 heteroatoms. The number of methoxy groups -OCH3 is 1. The van der Waals surface area contributed by atoms with Crippen LogP contribution < -0.4 is 9.64 Å². The van der Waals surface area contributed by atoms with Crippen LogP contribution in [0, 0.1) is 11.7 Å². The van der Waals surface area contributed by atoms with E-state index in [-0.39, 0.29) is 17.2 Å². The predicted octanol–water partition coefficient (Wildman–Crippen LogP) is 2.08. The van der Waals surface area contributed by atoms with Crippen LogP contribution in [0.3, 0.4) is 0 Å². The highest BCUT2D eigenvalue weighted by Gasteiger charge is 2.26. The largest absolute Gasteiger partial charge is 0.494 e. The van der Waals surface area contributed by atoms with Crippen LogP contribution in [0.5, 0.6) is 5.75 Å². The molecular formula is C15H16FN3O3. The second-order valence-electron chi connectivity index (χ2n) is 5.27. The Kier molecular flexibility index (Phi) is 3.79. The highest BCUT2D eigenvalue weighted by Crippen LogP contribution is 2.31. The Hall–Kier alpha value is -2.44. The summed E-state index contributed by atoms with van der Waals surface area (Å²) in [6, 6.07) is 3.28. The SMILES string of the molecule is COc1ccc2c(N3CCC(C(=O)O)CC3)ncnc2c1F. The normalized spacial score (nSPS) is 16.0. The summed E-state index contributed by atoms with van der Waals surface area (Å²) in [6.45, 7) is 1.16. The second-order valence-corrected chi connectivity index (χ2v) is 5.27. The molecule has 0 unspecified atom stereocenters. The molecule has 2 aromatic rings. The quantitative estimate of drug-likeness (QED) is 0.935. The van der Waals surface area contributed by atoms with Crippen molar-refractivity contribution in [1.82, 2.24) is 9.97 Å². The number of halogens is 1. The van der Waals surface area contributed by atoms with E-state index >= 15 is 0 Å². The lowest BCUT2D eigenvalue weighted by Gasteiger charge is -2.31. The molecule has 1 aliphatic rings. The summed E-state index contributed by atoms with van der Waals surface area (Å²) in [4.78, 5) is 21.3. The fourth-order valence-corrected chi connectivity index (χ4v) is 2.81. The van der Waals surface area contributed by atoms with Crippen LogP contribution in [0.1, 0.15) is 12.8 Å². The van der Waals surface area contributed by atoms with Crippen molar-refractivity contribution in [3.63, 3.8) is 0 Å². The van der Waals surface area contributed by atoms with E-state index in [9.17, 15) is 9.18 Å². The monoisotopic (exact) mass is 305 g/mol. The van der Waals surface area contributed by atoms with Crippen LogP contribution in [-0.2, 0) is 4.79 Å². The molecule has 0 amide bonds. The second kappa shape index (κ2) is 5.75. The van der Waals surface area contributed by atoms with Gasteiger partial charge >= 0.3 is 5.97 Å². The van der Waals surface area contributed by atoms with Gasteiger partial charge in [-0.2, -0.15) is 0 Å². The molecule has 0 saturated carbocycles. The van der Waals surface area contributed by atoms with Crippen molar-refractivity contribution in [3.05, 3.63) is 24.3 Å². The van der Waals surface area contributed by atoms with Gasteiger partial charge in [0.25, 0.3) is 0 Å². The van der Waals surface area contributed by atoms with Crippen molar-refractivity contribution < 1.29 is 19.0 Å². The van der Waals surface area contributed by atoms with Crippen LogP contribution in [0.25, 0.3) is 10.9 Å². The van der Waals surface area contributed by atoms with E-state index in [1.165, 1.54) is 13.4 Å². The van der Waals surface area contributed by atoms with E-state index in [4.69, 9.17) is 9.84 Å². The first-order chi connectivity index (χ1) is 10.6. The van der Waals surface area contributed by atoms with Crippen molar-refractivity contribution in [2.45, 2.75) is 12.8 Å². The number of anilines is 1. The fourth-order valence-electron chi connectivity index (χ4n) is 2.81. The molecular weight excluding hydrogens is 289 g/mol. The maximum atomic E-state index is 14.3. The number of rotatable bonds is 3. The molecule has 0 spiro atoms. The lowest BCUT2D eigenvalue weighted by molar-refractivity contribution is -0.142. The third-order valence-corrected chi connectivity index (χ3v) is 4.05. The van der Waals surface area contributed by atoms with Crippen molar-refractivity contribution in [2.75, 3.05) is 25.1 Å². The lowest BCUT2D eigenvalue weighted by atomic mass is 9.97. The van der Waals surface area contributed by atoms with E-state index in [2.05, 4.69) is 9.97 Å². The zero-order valence-corrected chi connectivity index (χ0v) is 12.1. The first-order valence-electron chi connectivity index (χ1n) is 7.06. The summed E-state index contributed by atoms with van der Waals surface area (Å²) in [5.74, 6) is -0.814. The molecule has 0 atom stereocenters. The van der Waals surface area contributed by atoms with E-state index < -0.39 is 11.8 Å². The third-order valence-electron chi connectivity index (χ3n) is 4.05. The van der Waals surface area contributed by atoms with Crippen LogP contribution in [0.4, 0.5) is 10.2 Å². The van der Waals surface area contributed by atoms with Gasteiger partial charge in [0.1, 0.15) is 17.7 Å². The number of hydrogen-bond donors (Lipinski definition) is 1. The Bertz CT molecular complexity index is 714. The van der Waals surface area contributed by atoms with Gasteiger partial charge in [-0.1, -0.05) is 0 Å². The molecule has 0 radical (unpaired) electrons. The van der Waals surface area contributed by atoms with Gasteiger partial charge in [-0.3, -0.25) is 4.79 Å². The van der Waals surface area contributed by atoms with Gasteiger partial charge in [-0.15, -0.1) is 0 Å². The maximum Gasteiger partial charge on any atom is 0.306 e. The topological polar surface area (TPSA) is 75.5 Å².